The van der Waals surface area contributed by atoms with Gasteiger partial charge in [-0.2, -0.15) is 0 Å². The highest BCUT2D eigenvalue weighted by molar-refractivity contribution is 7.09. The van der Waals surface area contributed by atoms with Crippen molar-refractivity contribution in [1.82, 2.24) is 10.3 Å². The van der Waals surface area contributed by atoms with Crippen LogP contribution in [-0.4, -0.2) is 16.9 Å². The van der Waals surface area contributed by atoms with Crippen molar-refractivity contribution in [3.05, 3.63) is 45.9 Å². The van der Waals surface area contributed by atoms with E-state index in [1.165, 1.54) is 4.88 Å². The van der Waals surface area contributed by atoms with Crippen LogP contribution >= 0.6 is 11.3 Å². The van der Waals surface area contributed by atoms with Gasteiger partial charge in [0.1, 0.15) is 0 Å². The molecular formula is C14H17N3OS. The molecule has 0 saturated heterocycles. The van der Waals surface area contributed by atoms with Crippen molar-refractivity contribution < 1.29 is 4.79 Å². The lowest BCUT2D eigenvalue weighted by molar-refractivity contribution is 0.0939. The topological polar surface area (TPSA) is 68.0 Å². The Morgan fingerprint density at radius 3 is 3.05 bits per heavy atom. The summed E-state index contributed by atoms with van der Waals surface area (Å²) in [5, 5.41) is 5.01. The Labute approximate surface area is 116 Å². The van der Waals surface area contributed by atoms with Gasteiger partial charge in [-0.1, -0.05) is 6.07 Å². The Kier molecular flexibility index (Phi) is 4.16. The van der Waals surface area contributed by atoms with Gasteiger partial charge in [-0.25, -0.2) is 0 Å². The number of rotatable bonds is 4. The van der Waals surface area contributed by atoms with Gasteiger partial charge in [0, 0.05) is 17.3 Å². The molecule has 0 spiro atoms. The second-order valence-corrected chi connectivity index (χ2v) is 5.59. The van der Waals surface area contributed by atoms with E-state index in [-0.39, 0.29) is 11.9 Å². The van der Waals surface area contributed by atoms with Crippen molar-refractivity contribution in [2.24, 2.45) is 0 Å². The number of nitrogens with zero attached hydrogens (tertiary/aromatic N) is 1. The number of aromatic nitrogens is 1. The fourth-order valence-electron chi connectivity index (χ4n) is 1.86. The molecule has 0 fully saturated rings. The third-order valence-corrected chi connectivity index (χ3v) is 3.72. The van der Waals surface area contributed by atoms with Crippen LogP contribution in [0.4, 0.5) is 5.69 Å². The Hall–Kier alpha value is -1.88. The minimum atomic E-state index is -0.124. The smallest absolute Gasteiger partial charge is 0.253 e. The van der Waals surface area contributed by atoms with Crippen molar-refractivity contribution in [3.63, 3.8) is 0 Å². The van der Waals surface area contributed by atoms with Crippen molar-refractivity contribution in [1.29, 1.82) is 0 Å². The normalized spacial score (nSPS) is 12.1. The Balaban J connectivity index is 2.02. The highest BCUT2D eigenvalue weighted by Gasteiger charge is 2.13. The SMILES string of the molecule is Cc1ncc(N)cc1C(=O)NC(C)Cc1cccs1. The first-order valence-corrected chi connectivity index (χ1v) is 6.99. The molecule has 0 bridgehead atoms. The summed E-state index contributed by atoms with van der Waals surface area (Å²) in [6, 6.07) is 5.82. The molecule has 1 amide bonds. The van der Waals surface area contributed by atoms with Gasteiger partial charge in [-0.3, -0.25) is 9.78 Å². The number of amides is 1. The van der Waals surface area contributed by atoms with E-state index in [1.807, 2.05) is 18.4 Å². The zero-order valence-corrected chi connectivity index (χ0v) is 11.8. The van der Waals surface area contributed by atoms with E-state index in [0.717, 1.165) is 6.42 Å². The lowest BCUT2D eigenvalue weighted by atomic mass is 10.1. The van der Waals surface area contributed by atoms with Crippen molar-refractivity contribution >= 4 is 22.9 Å². The number of nitrogens with one attached hydrogen (secondary N) is 1. The highest BCUT2D eigenvalue weighted by Crippen LogP contribution is 2.13. The molecule has 0 aliphatic carbocycles. The summed E-state index contributed by atoms with van der Waals surface area (Å²) in [6.07, 6.45) is 2.39. The summed E-state index contributed by atoms with van der Waals surface area (Å²) in [4.78, 5) is 17.5. The molecule has 100 valence electrons. The first-order valence-electron chi connectivity index (χ1n) is 6.11. The molecule has 1 atom stereocenters. The van der Waals surface area contributed by atoms with Crippen LogP contribution in [0.2, 0.25) is 0 Å². The fourth-order valence-corrected chi connectivity index (χ4v) is 2.70. The minimum absolute atomic E-state index is 0.0759. The van der Waals surface area contributed by atoms with Gasteiger partial charge in [-0.05, 0) is 31.4 Å². The van der Waals surface area contributed by atoms with Crippen LogP contribution in [0.1, 0.15) is 27.9 Å². The number of thiophene rings is 1. The second kappa shape index (κ2) is 5.84. The number of pyridine rings is 1. The second-order valence-electron chi connectivity index (χ2n) is 4.56. The molecule has 2 aromatic heterocycles. The van der Waals surface area contributed by atoms with Gasteiger partial charge >= 0.3 is 0 Å². The maximum Gasteiger partial charge on any atom is 0.253 e. The maximum atomic E-state index is 12.2. The summed E-state index contributed by atoms with van der Waals surface area (Å²) in [5.41, 5.74) is 7.40. The zero-order valence-electron chi connectivity index (χ0n) is 11.0. The van der Waals surface area contributed by atoms with E-state index in [1.54, 1.807) is 30.5 Å². The molecule has 1 unspecified atom stereocenters. The van der Waals surface area contributed by atoms with E-state index in [2.05, 4.69) is 16.4 Å². The maximum absolute atomic E-state index is 12.2. The van der Waals surface area contributed by atoms with Gasteiger partial charge in [0.25, 0.3) is 5.91 Å². The number of hydrogen-bond donors (Lipinski definition) is 2. The summed E-state index contributed by atoms with van der Waals surface area (Å²) in [6.45, 7) is 3.80. The molecule has 0 aliphatic heterocycles. The monoisotopic (exact) mass is 275 g/mol. The third kappa shape index (κ3) is 3.54. The van der Waals surface area contributed by atoms with Crippen molar-refractivity contribution in [3.8, 4) is 0 Å². The predicted octanol–water partition coefficient (Wildman–Crippen LogP) is 2.39. The minimum Gasteiger partial charge on any atom is -0.397 e. The number of nitrogen functional groups attached to an aromatic ring is 1. The molecule has 0 aromatic carbocycles. The van der Waals surface area contributed by atoms with Gasteiger partial charge in [-0.15, -0.1) is 11.3 Å². The molecule has 3 N–H and O–H groups in total. The standard InChI is InChI=1S/C14H17N3OS/c1-9(6-12-4-3-5-19-12)17-14(18)13-7-11(15)8-16-10(13)2/h3-5,7-9H,6,15H2,1-2H3,(H,17,18). The molecule has 5 heteroatoms. The summed E-state index contributed by atoms with van der Waals surface area (Å²) in [7, 11) is 0. The molecule has 0 aliphatic rings. The van der Waals surface area contributed by atoms with Crippen LogP contribution in [0, 0.1) is 6.92 Å². The first kappa shape index (κ1) is 13.5. The van der Waals surface area contributed by atoms with Gasteiger partial charge in [0.15, 0.2) is 0 Å². The number of carbonyl (C=O) groups is 1. The number of hydrogen-bond acceptors (Lipinski definition) is 4. The van der Waals surface area contributed by atoms with Crippen LogP contribution < -0.4 is 11.1 Å². The molecule has 2 heterocycles. The molecule has 4 nitrogen and oxygen atoms in total. The van der Waals surface area contributed by atoms with Crippen LogP contribution in [0.3, 0.4) is 0 Å². The number of carbonyl (C=O) groups excluding carboxylic acids is 1. The highest BCUT2D eigenvalue weighted by atomic mass is 32.1. The van der Waals surface area contributed by atoms with E-state index >= 15 is 0 Å². The molecule has 0 saturated carbocycles. The van der Waals surface area contributed by atoms with Crippen molar-refractivity contribution in [2.45, 2.75) is 26.3 Å². The van der Waals surface area contributed by atoms with E-state index in [9.17, 15) is 4.79 Å². The lowest BCUT2D eigenvalue weighted by Gasteiger charge is -2.14. The third-order valence-electron chi connectivity index (χ3n) is 2.82. The molecular weight excluding hydrogens is 258 g/mol. The average molecular weight is 275 g/mol. The molecule has 2 aromatic rings. The number of aryl methyl sites for hydroxylation is 1. The summed E-state index contributed by atoms with van der Waals surface area (Å²) in [5.74, 6) is -0.124. The Morgan fingerprint density at radius 2 is 2.37 bits per heavy atom. The predicted molar refractivity (Wildman–Crippen MR) is 78.3 cm³/mol. The van der Waals surface area contributed by atoms with E-state index in [0.29, 0.717) is 16.9 Å². The van der Waals surface area contributed by atoms with Gasteiger partial charge in [0.2, 0.25) is 0 Å². The number of nitrogens with two attached hydrogens (primary N) is 1. The zero-order chi connectivity index (χ0) is 13.8. The largest absolute Gasteiger partial charge is 0.397 e. The van der Waals surface area contributed by atoms with Crippen LogP contribution in [-0.2, 0) is 6.42 Å². The lowest BCUT2D eigenvalue weighted by Crippen LogP contribution is -2.34. The van der Waals surface area contributed by atoms with E-state index in [4.69, 9.17) is 5.73 Å². The van der Waals surface area contributed by atoms with Crippen LogP contribution in [0.25, 0.3) is 0 Å². The van der Waals surface area contributed by atoms with Gasteiger partial charge in [0.05, 0.1) is 23.1 Å². The fraction of sp³-hybridized carbons (Fsp3) is 0.286. The summed E-state index contributed by atoms with van der Waals surface area (Å²) >= 11 is 1.70. The van der Waals surface area contributed by atoms with Crippen LogP contribution in [0.15, 0.2) is 29.8 Å². The quantitative estimate of drug-likeness (QED) is 0.900. The summed E-state index contributed by atoms with van der Waals surface area (Å²) < 4.78 is 0. The number of anilines is 1. The van der Waals surface area contributed by atoms with Crippen molar-refractivity contribution in [2.75, 3.05) is 5.73 Å². The Morgan fingerprint density at radius 1 is 1.58 bits per heavy atom. The average Bonchev–Trinajstić information content (AvgIpc) is 2.84. The Bertz CT molecular complexity index is 566. The van der Waals surface area contributed by atoms with E-state index < -0.39 is 0 Å². The molecule has 0 radical (unpaired) electrons. The van der Waals surface area contributed by atoms with Gasteiger partial charge < -0.3 is 11.1 Å². The first-order chi connectivity index (χ1) is 9.06. The molecule has 19 heavy (non-hydrogen) atoms. The molecule has 2 rings (SSSR count). The van der Waals surface area contributed by atoms with Crippen LogP contribution in [0.5, 0.6) is 0 Å².